The van der Waals surface area contributed by atoms with Crippen molar-refractivity contribution in [2.45, 2.75) is 45.6 Å². The number of carbonyl (C=O) groups is 2. The van der Waals surface area contributed by atoms with Crippen LogP contribution in [0.25, 0.3) is 0 Å². The number of carbonyl (C=O) groups excluding carboxylic acids is 2. The molecule has 1 saturated heterocycles. The summed E-state index contributed by atoms with van der Waals surface area (Å²) in [4.78, 5) is 23.9. The predicted molar refractivity (Wildman–Crippen MR) is 82.0 cm³/mol. The topological polar surface area (TPSA) is 76.0 Å². The average molecular weight is 302 g/mol. The first-order chi connectivity index (χ1) is 10.6. The Morgan fingerprint density at radius 3 is 3.14 bits per heavy atom. The Morgan fingerprint density at radius 1 is 1.50 bits per heavy atom. The number of piperidine rings is 1. The van der Waals surface area contributed by atoms with Crippen molar-refractivity contribution >= 4 is 11.8 Å². The van der Waals surface area contributed by atoms with Crippen LogP contribution in [0.3, 0.4) is 0 Å². The molecule has 1 atom stereocenters. The Morgan fingerprint density at radius 2 is 2.36 bits per heavy atom. The smallest absolute Gasteiger partial charge is 0.271 e. The molecular weight excluding hydrogens is 280 g/mol. The van der Waals surface area contributed by atoms with Crippen molar-refractivity contribution in [1.29, 1.82) is 0 Å². The zero-order valence-electron chi connectivity index (χ0n) is 12.9. The summed E-state index contributed by atoms with van der Waals surface area (Å²) in [6.07, 6.45) is 8.33. The van der Waals surface area contributed by atoms with Crippen LogP contribution in [-0.2, 0) is 11.3 Å². The largest absolute Gasteiger partial charge is 0.350 e. The highest BCUT2D eigenvalue weighted by Crippen LogP contribution is 2.42. The quantitative estimate of drug-likeness (QED) is 0.887. The summed E-state index contributed by atoms with van der Waals surface area (Å²) in [6.45, 7) is 3.28. The summed E-state index contributed by atoms with van der Waals surface area (Å²) in [5, 5.41) is 10.2. The Kier molecular flexibility index (Phi) is 4.00. The van der Waals surface area contributed by atoms with E-state index in [2.05, 4.69) is 21.8 Å². The number of hydrogen-bond donors (Lipinski definition) is 2. The average Bonchev–Trinajstić information content (AvgIpc) is 3.02. The molecule has 0 saturated carbocycles. The van der Waals surface area contributed by atoms with E-state index in [0.29, 0.717) is 18.7 Å². The van der Waals surface area contributed by atoms with Crippen LogP contribution in [0.15, 0.2) is 24.0 Å². The molecule has 2 heterocycles. The number of amides is 2. The molecule has 1 aliphatic carbocycles. The lowest BCUT2D eigenvalue weighted by molar-refractivity contribution is -0.122. The normalized spacial score (nSPS) is 24.2. The highest BCUT2D eigenvalue weighted by Gasteiger charge is 2.40. The Balaban J connectivity index is 1.68. The fraction of sp³-hybridized carbons (Fsp3) is 0.562. The molecule has 1 aromatic heterocycles. The van der Waals surface area contributed by atoms with Crippen molar-refractivity contribution in [2.24, 2.45) is 5.41 Å². The Bertz CT molecular complexity index is 619. The van der Waals surface area contributed by atoms with E-state index in [4.69, 9.17) is 0 Å². The van der Waals surface area contributed by atoms with Crippen molar-refractivity contribution in [3.63, 3.8) is 0 Å². The molecular formula is C16H22N4O2. The number of hydrogen-bond acceptors (Lipinski definition) is 3. The van der Waals surface area contributed by atoms with Crippen LogP contribution in [0.5, 0.6) is 0 Å². The SMILES string of the molecule is CCn1ccc(C(=O)NCC23CCCC=C2NC(=O)CC3)n1. The highest BCUT2D eigenvalue weighted by molar-refractivity contribution is 5.92. The molecule has 3 rings (SSSR count). The summed E-state index contributed by atoms with van der Waals surface area (Å²) in [5.41, 5.74) is 1.32. The second-order valence-electron chi connectivity index (χ2n) is 6.08. The second kappa shape index (κ2) is 5.94. The third-order valence-electron chi connectivity index (χ3n) is 4.67. The molecule has 118 valence electrons. The molecule has 2 aliphatic rings. The van der Waals surface area contributed by atoms with Gasteiger partial charge in [-0.25, -0.2) is 0 Å². The van der Waals surface area contributed by atoms with Crippen molar-refractivity contribution in [3.8, 4) is 0 Å². The van der Waals surface area contributed by atoms with E-state index >= 15 is 0 Å². The molecule has 6 nitrogen and oxygen atoms in total. The van der Waals surface area contributed by atoms with Gasteiger partial charge in [-0.15, -0.1) is 0 Å². The van der Waals surface area contributed by atoms with Gasteiger partial charge >= 0.3 is 0 Å². The lowest BCUT2D eigenvalue weighted by Crippen LogP contribution is -2.48. The summed E-state index contributed by atoms with van der Waals surface area (Å²) in [6, 6.07) is 1.73. The van der Waals surface area contributed by atoms with E-state index in [-0.39, 0.29) is 17.2 Å². The third kappa shape index (κ3) is 2.77. The molecule has 0 aromatic carbocycles. The standard InChI is InChI=1S/C16H22N4O2/c1-2-20-10-7-12(19-20)15(22)17-11-16-8-4-3-5-13(16)18-14(21)6-9-16/h5,7,10H,2-4,6,8-9,11H2,1H3,(H,17,22)(H,18,21). The van der Waals surface area contributed by atoms with E-state index in [1.54, 1.807) is 16.9 Å². The predicted octanol–water partition coefficient (Wildman–Crippen LogP) is 1.60. The molecule has 2 N–H and O–H groups in total. The molecule has 6 heteroatoms. The summed E-state index contributed by atoms with van der Waals surface area (Å²) >= 11 is 0. The van der Waals surface area contributed by atoms with Crippen molar-refractivity contribution in [1.82, 2.24) is 20.4 Å². The summed E-state index contributed by atoms with van der Waals surface area (Å²) < 4.78 is 1.74. The Hall–Kier alpha value is -2.11. The number of rotatable bonds is 4. The lowest BCUT2D eigenvalue weighted by Gasteiger charge is -2.42. The van der Waals surface area contributed by atoms with E-state index in [1.165, 1.54) is 0 Å². The number of nitrogens with one attached hydrogen (secondary N) is 2. The fourth-order valence-corrected chi connectivity index (χ4v) is 3.32. The first-order valence-corrected chi connectivity index (χ1v) is 7.95. The number of fused-ring (bicyclic) bond motifs is 1. The zero-order valence-corrected chi connectivity index (χ0v) is 12.9. The maximum Gasteiger partial charge on any atom is 0.271 e. The maximum atomic E-state index is 12.3. The second-order valence-corrected chi connectivity index (χ2v) is 6.08. The van der Waals surface area contributed by atoms with E-state index < -0.39 is 0 Å². The first-order valence-electron chi connectivity index (χ1n) is 7.95. The number of allylic oxidation sites excluding steroid dienone is 1. The van der Waals surface area contributed by atoms with Gasteiger partial charge in [0.25, 0.3) is 5.91 Å². The molecule has 0 radical (unpaired) electrons. The first kappa shape index (κ1) is 14.8. The highest BCUT2D eigenvalue weighted by atomic mass is 16.2. The minimum Gasteiger partial charge on any atom is -0.350 e. The van der Waals surface area contributed by atoms with Crippen LogP contribution in [0, 0.1) is 5.41 Å². The molecule has 22 heavy (non-hydrogen) atoms. The van der Waals surface area contributed by atoms with E-state index in [0.717, 1.165) is 37.9 Å². The lowest BCUT2D eigenvalue weighted by atomic mass is 9.70. The van der Waals surface area contributed by atoms with Crippen LogP contribution in [0.1, 0.15) is 49.5 Å². The minimum atomic E-state index is -0.150. The van der Waals surface area contributed by atoms with Gasteiger partial charge < -0.3 is 10.6 Å². The van der Waals surface area contributed by atoms with Crippen LogP contribution in [0.2, 0.25) is 0 Å². The minimum absolute atomic E-state index is 0.0804. The van der Waals surface area contributed by atoms with Gasteiger partial charge in [-0.2, -0.15) is 5.10 Å². The molecule has 1 aliphatic heterocycles. The van der Waals surface area contributed by atoms with Gasteiger partial charge in [0.2, 0.25) is 5.91 Å². The van der Waals surface area contributed by atoms with Gasteiger partial charge in [-0.3, -0.25) is 14.3 Å². The van der Waals surface area contributed by atoms with Crippen LogP contribution in [0.4, 0.5) is 0 Å². The molecule has 1 fully saturated rings. The fourth-order valence-electron chi connectivity index (χ4n) is 3.32. The summed E-state index contributed by atoms with van der Waals surface area (Å²) in [5.74, 6) is -0.0693. The van der Waals surface area contributed by atoms with Gasteiger partial charge in [0.15, 0.2) is 0 Å². The van der Waals surface area contributed by atoms with Gasteiger partial charge in [0, 0.05) is 36.8 Å². The number of aromatic nitrogens is 2. The molecule has 0 bridgehead atoms. The van der Waals surface area contributed by atoms with Crippen molar-refractivity contribution in [3.05, 3.63) is 29.7 Å². The zero-order chi connectivity index (χ0) is 15.6. The van der Waals surface area contributed by atoms with Crippen LogP contribution >= 0.6 is 0 Å². The molecule has 0 spiro atoms. The molecule has 1 aromatic rings. The van der Waals surface area contributed by atoms with Gasteiger partial charge in [0.1, 0.15) is 5.69 Å². The van der Waals surface area contributed by atoms with Crippen molar-refractivity contribution < 1.29 is 9.59 Å². The van der Waals surface area contributed by atoms with Crippen molar-refractivity contribution in [2.75, 3.05) is 6.54 Å². The maximum absolute atomic E-state index is 12.3. The van der Waals surface area contributed by atoms with E-state index in [1.807, 2.05) is 6.92 Å². The van der Waals surface area contributed by atoms with E-state index in [9.17, 15) is 9.59 Å². The van der Waals surface area contributed by atoms with Crippen LogP contribution in [-0.4, -0.2) is 28.1 Å². The molecule has 2 amide bonds. The third-order valence-corrected chi connectivity index (χ3v) is 4.67. The molecule has 1 unspecified atom stereocenters. The van der Waals surface area contributed by atoms with Gasteiger partial charge in [-0.05, 0) is 38.7 Å². The Labute approximate surface area is 130 Å². The van der Waals surface area contributed by atoms with Gasteiger partial charge in [0.05, 0.1) is 0 Å². The van der Waals surface area contributed by atoms with Crippen LogP contribution < -0.4 is 10.6 Å². The number of aryl methyl sites for hydroxylation is 1. The number of nitrogens with zero attached hydrogens (tertiary/aromatic N) is 2. The summed E-state index contributed by atoms with van der Waals surface area (Å²) in [7, 11) is 0. The monoisotopic (exact) mass is 302 g/mol. The van der Waals surface area contributed by atoms with Gasteiger partial charge in [-0.1, -0.05) is 6.08 Å².